The summed E-state index contributed by atoms with van der Waals surface area (Å²) >= 11 is 0. The number of aryl methyl sites for hydroxylation is 2. The van der Waals surface area contributed by atoms with E-state index >= 15 is 0 Å². The maximum Gasteiger partial charge on any atom is 0.351 e. The van der Waals surface area contributed by atoms with Gasteiger partial charge >= 0.3 is 11.4 Å². The zero-order valence-corrected chi connectivity index (χ0v) is 32.0. The van der Waals surface area contributed by atoms with Crippen molar-refractivity contribution in [1.82, 2.24) is 19.1 Å². The van der Waals surface area contributed by atoms with Gasteiger partial charge in [-0.3, -0.25) is 9.13 Å². The van der Waals surface area contributed by atoms with E-state index in [4.69, 9.17) is 33.2 Å². The van der Waals surface area contributed by atoms with E-state index in [1.807, 2.05) is 72.8 Å². The minimum atomic E-state index is -0.350. The molecule has 4 aliphatic rings. The van der Waals surface area contributed by atoms with Crippen LogP contribution in [-0.4, -0.2) is 69.5 Å². The summed E-state index contributed by atoms with van der Waals surface area (Å²) in [5, 5.41) is 9.71. The van der Waals surface area contributed by atoms with Crippen molar-refractivity contribution in [3.8, 4) is 68.8 Å². The second-order valence-electron chi connectivity index (χ2n) is 14.2. The quantitative estimate of drug-likeness (QED) is 0.180. The van der Waals surface area contributed by atoms with Gasteiger partial charge < -0.3 is 38.3 Å². The van der Waals surface area contributed by atoms with Gasteiger partial charge in [0.15, 0.2) is 35.2 Å². The van der Waals surface area contributed by atoms with Gasteiger partial charge in [0.05, 0.1) is 11.4 Å². The minimum absolute atomic E-state index is 0.215. The van der Waals surface area contributed by atoms with Gasteiger partial charge in [0.2, 0.25) is 11.8 Å². The van der Waals surface area contributed by atoms with Crippen LogP contribution in [0.2, 0.25) is 0 Å². The lowest BCUT2D eigenvalue weighted by Gasteiger charge is -2.26. The molecule has 59 heavy (non-hydrogen) atoms. The number of benzene rings is 4. The third-order valence-corrected chi connectivity index (χ3v) is 10.2. The molecule has 2 aromatic heterocycles. The van der Waals surface area contributed by atoms with Crippen LogP contribution in [0.5, 0.6) is 46.3 Å². The van der Waals surface area contributed by atoms with Crippen LogP contribution in [0.1, 0.15) is 11.1 Å². The molecule has 2 atom stereocenters. The van der Waals surface area contributed by atoms with Gasteiger partial charge in [-0.05, 0) is 84.6 Å². The fraction of sp³-hybridized carbons (Fsp3) is 0.244. The van der Waals surface area contributed by atoms with Gasteiger partial charge in [-0.1, -0.05) is 36.9 Å². The fourth-order valence-corrected chi connectivity index (χ4v) is 7.42. The molecule has 0 radical (unpaired) electrons. The number of nitrogens with zero attached hydrogens (tertiary/aromatic N) is 4. The molecule has 0 saturated heterocycles. The maximum atomic E-state index is 12.6. The Morgan fingerprint density at radius 3 is 1.71 bits per heavy atom. The van der Waals surface area contributed by atoms with Crippen LogP contribution in [-0.2, 0) is 25.9 Å². The van der Waals surface area contributed by atoms with E-state index in [0.29, 0.717) is 56.6 Å². The number of phenols is 1. The first kappa shape index (κ1) is 37.4. The Bertz CT molecular complexity index is 2660. The van der Waals surface area contributed by atoms with Crippen LogP contribution in [0.25, 0.3) is 22.5 Å². The van der Waals surface area contributed by atoms with Crippen molar-refractivity contribution in [2.75, 3.05) is 33.0 Å². The monoisotopic (exact) mass is 796 g/mol. The van der Waals surface area contributed by atoms with Crippen LogP contribution in [0, 0.1) is 0 Å². The summed E-state index contributed by atoms with van der Waals surface area (Å²) in [6.45, 7) is 6.39. The van der Waals surface area contributed by atoms with Crippen molar-refractivity contribution in [2.45, 2.75) is 38.1 Å². The van der Waals surface area contributed by atoms with Gasteiger partial charge in [-0.25, -0.2) is 9.59 Å². The Balaban J connectivity index is 0.000000153. The van der Waals surface area contributed by atoms with Crippen molar-refractivity contribution in [2.24, 2.45) is 0 Å². The van der Waals surface area contributed by atoms with Crippen LogP contribution in [0.15, 0.2) is 119 Å². The van der Waals surface area contributed by atoms with Gasteiger partial charge in [-0.2, -0.15) is 9.97 Å². The molecule has 0 spiro atoms. The highest BCUT2D eigenvalue weighted by Gasteiger charge is 2.25. The second-order valence-corrected chi connectivity index (χ2v) is 14.2. The molecule has 300 valence electrons. The third-order valence-electron chi connectivity index (χ3n) is 10.2. The first-order chi connectivity index (χ1) is 28.9. The number of fused-ring (bicyclic) bond motifs is 8. The van der Waals surface area contributed by atoms with E-state index in [2.05, 4.69) is 16.5 Å². The van der Waals surface area contributed by atoms with Crippen LogP contribution >= 0.6 is 0 Å². The molecule has 2 unspecified atom stereocenters. The highest BCUT2D eigenvalue weighted by Crippen LogP contribution is 2.35. The van der Waals surface area contributed by atoms with E-state index in [0.717, 1.165) is 51.6 Å². The summed E-state index contributed by atoms with van der Waals surface area (Å²) in [6, 6.07) is 29.6. The zero-order chi connectivity index (χ0) is 40.3. The first-order valence-corrected chi connectivity index (χ1v) is 19.3. The molecule has 0 aliphatic carbocycles. The Hall–Kier alpha value is -7.22. The van der Waals surface area contributed by atoms with Crippen LogP contribution < -0.4 is 44.5 Å². The molecule has 0 amide bonds. The predicted molar refractivity (Wildman–Crippen MR) is 216 cm³/mol. The first-order valence-electron chi connectivity index (χ1n) is 19.3. The largest absolute Gasteiger partial charge is 0.508 e. The van der Waals surface area contributed by atoms with Gasteiger partial charge in [-0.15, -0.1) is 0 Å². The highest BCUT2D eigenvalue weighted by atomic mass is 16.6. The summed E-state index contributed by atoms with van der Waals surface area (Å²) in [7, 11) is 0. The number of ether oxygens (including phenoxy) is 7. The van der Waals surface area contributed by atoms with E-state index in [1.54, 1.807) is 39.5 Å². The molecular weight excluding hydrogens is 757 g/mol. The summed E-state index contributed by atoms with van der Waals surface area (Å²) in [4.78, 5) is 33.2. The summed E-state index contributed by atoms with van der Waals surface area (Å²) in [6.07, 6.45) is 2.54. The topological polar surface area (TPSA) is 155 Å². The lowest BCUT2D eigenvalue weighted by atomic mass is 9.97. The van der Waals surface area contributed by atoms with Gasteiger partial charge in [0.1, 0.15) is 44.5 Å². The average molecular weight is 797 g/mol. The highest BCUT2D eigenvalue weighted by molar-refractivity contribution is 5.68. The van der Waals surface area contributed by atoms with Gasteiger partial charge in [0, 0.05) is 36.3 Å². The van der Waals surface area contributed by atoms with E-state index in [9.17, 15) is 14.7 Å². The number of aromatic nitrogens is 4. The molecule has 0 bridgehead atoms. The zero-order valence-electron chi connectivity index (χ0n) is 32.0. The molecular formula is C45H40N4O10. The molecule has 4 aromatic carbocycles. The van der Waals surface area contributed by atoms with E-state index in [-0.39, 0.29) is 54.3 Å². The smallest absolute Gasteiger partial charge is 0.351 e. The predicted octanol–water partition coefficient (Wildman–Crippen LogP) is 5.64. The summed E-state index contributed by atoms with van der Waals surface area (Å²) in [5.41, 5.74) is 4.86. The van der Waals surface area contributed by atoms with Crippen molar-refractivity contribution in [1.29, 1.82) is 0 Å². The van der Waals surface area contributed by atoms with Crippen molar-refractivity contribution in [3.63, 3.8) is 0 Å². The Morgan fingerprint density at radius 2 is 1.17 bits per heavy atom. The molecule has 14 nitrogen and oxygen atoms in total. The SMILES string of the molecule is C=CCOc1ccc2c(c1)CCn1c-2cc(OCC2COc3ccccc3O2)nc1=O.O=c1nc(OCC2COc3ccccc3O2)cc2n1CCc1cc(O)ccc1-2. The molecule has 0 saturated carbocycles. The van der Waals surface area contributed by atoms with Crippen LogP contribution in [0.4, 0.5) is 0 Å². The summed E-state index contributed by atoms with van der Waals surface area (Å²) < 4.78 is 43.7. The van der Waals surface area contributed by atoms with Crippen molar-refractivity contribution in [3.05, 3.63) is 142 Å². The van der Waals surface area contributed by atoms with Gasteiger partial charge in [0.25, 0.3) is 0 Å². The lowest BCUT2D eigenvalue weighted by molar-refractivity contribution is 0.0520. The minimum Gasteiger partial charge on any atom is -0.508 e. The number of hydrogen-bond acceptors (Lipinski definition) is 12. The second kappa shape index (κ2) is 16.3. The van der Waals surface area contributed by atoms with E-state index in [1.165, 1.54) is 0 Å². The standard InChI is InChI=1S/C24H22N2O5.C21H18N2O5/c1-2-11-28-17-7-8-19-16(12-17)9-10-26-20(19)13-23(25-24(26)27)30-15-18-14-29-21-5-3-4-6-22(21)31-18;24-14-5-6-16-13(9-14)7-8-23-17(16)10-20(22-21(23)25)27-12-15-11-26-18-3-1-2-4-19(18)28-15/h2-8,12-13,18H,1,9-11,14-15H2;1-6,9-10,15,24H,7-8,11-12H2. The average Bonchev–Trinajstić information content (AvgIpc) is 3.26. The molecule has 6 heterocycles. The van der Waals surface area contributed by atoms with Crippen LogP contribution in [0.3, 0.4) is 0 Å². The number of aromatic hydroxyl groups is 1. The van der Waals surface area contributed by atoms with Crippen molar-refractivity contribution < 1.29 is 38.3 Å². The Labute approximate surface area is 338 Å². The molecule has 10 rings (SSSR count). The fourth-order valence-electron chi connectivity index (χ4n) is 7.42. The molecule has 1 N–H and O–H groups in total. The lowest BCUT2D eigenvalue weighted by Crippen LogP contribution is -2.35. The Kier molecular flexibility index (Phi) is 10.3. The number of rotatable bonds is 9. The third kappa shape index (κ3) is 8.02. The normalized spacial score (nSPS) is 16.4. The van der Waals surface area contributed by atoms with Crippen molar-refractivity contribution >= 4 is 0 Å². The number of para-hydroxylation sites is 4. The number of phenolic OH excluding ortho intramolecular Hbond substituents is 1. The summed E-state index contributed by atoms with van der Waals surface area (Å²) in [5.74, 6) is 4.32. The molecule has 6 aromatic rings. The van der Waals surface area contributed by atoms with E-state index < -0.39 is 0 Å². The number of hydrogen-bond donors (Lipinski definition) is 1. The Morgan fingerprint density at radius 1 is 0.661 bits per heavy atom. The molecule has 4 aliphatic heterocycles. The molecule has 0 fully saturated rings. The molecule has 14 heteroatoms. The maximum absolute atomic E-state index is 12.6.